The summed E-state index contributed by atoms with van der Waals surface area (Å²) in [7, 11) is 0. The molecular formula is C18H18ClN5OS. The molecule has 0 radical (unpaired) electrons. The lowest BCUT2D eigenvalue weighted by molar-refractivity contribution is 0.103. The van der Waals surface area contributed by atoms with Crippen LogP contribution in [0.1, 0.15) is 31.8 Å². The fraction of sp³-hybridized carbons (Fsp3) is 0.222. The zero-order valence-corrected chi connectivity index (χ0v) is 16.2. The number of anilines is 2. The van der Waals surface area contributed by atoms with E-state index < -0.39 is 0 Å². The summed E-state index contributed by atoms with van der Waals surface area (Å²) in [6.45, 7) is 6.15. The molecular weight excluding hydrogens is 370 g/mol. The predicted molar refractivity (Wildman–Crippen MR) is 105 cm³/mol. The van der Waals surface area contributed by atoms with Crippen LogP contribution in [0.2, 0.25) is 5.02 Å². The van der Waals surface area contributed by atoms with Gasteiger partial charge in [0.05, 0.1) is 23.5 Å². The molecule has 0 aliphatic rings. The van der Waals surface area contributed by atoms with Crippen molar-refractivity contribution < 1.29 is 4.79 Å². The van der Waals surface area contributed by atoms with E-state index in [1.165, 1.54) is 11.3 Å². The van der Waals surface area contributed by atoms with E-state index in [0.29, 0.717) is 28.0 Å². The average molecular weight is 388 g/mol. The molecule has 0 unspecified atom stereocenters. The molecule has 6 nitrogen and oxygen atoms in total. The Kier molecular flexibility index (Phi) is 5.49. The van der Waals surface area contributed by atoms with E-state index in [2.05, 4.69) is 25.6 Å². The number of amides is 1. The highest BCUT2D eigenvalue weighted by Gasteiger charge is 2.14. The summed E-state index contributed by atoms with van der Waals surface area (Å²) in [5.74, 6) is 1.23. The van der Waals surface area contributed by atoms with Crippen LogP contribution >= 0.6 is 22.9 Å². The Labute approximate surface area is 160 Å². The number of para-hydroxylation sites is 1. The third kappa shape index (κ3) is 4.36. The molecule has 0 aliphatic heterocycles. The maximum Gasteiger partial charge on any atom is 0.267 e. The molecule has 0 spiro atoms. The first-order valence-corrected chi connectivity index (χ1v) is 9.19. The number of halogens is 1. The highest BCUT2D eigenvalue weighted by atomic mass is 35.5. The van der Waals surface area contributed by atoms with Crippen LogP contribution in [-0.4, -0.2) is 20.9 Å². The molecule has 1 amide bonds. The molecule has 0 aliphatic carbocycles. The van der Waals surface area contributed by atoms with Crippen molar-refractivity contribution in [2.75, 3.05) is 10.6 Å². The quantitative estimate of drug-likeness (QED) is 0.679. The van der Waals surface area contributed by atoms with Crippen LogP contribution in [0.15, 0.2) is 30.5 Å². The Morgan fingerprint density at radius 1 is 1.23 bits per heavy atom. The van der Waals surface area contributed by atoms with E-state index >= 15 is 0 Å². The third-order valence-electron chi connectivity index (χ3n) is 3.62. The van der Waals surface area contributed by atoms with Gasteiger partial charge in [-0.1, -0.05) is 23.7 Å². The molecule has 0 atom stereocenters. The SMILES string of the molecule is Cc1cc(NCc2ncc(C(=O)Nc3c(C)cccc3Cl)s2)nc(C)n1. The molecule has 134 valence electrons. The molecule has 26 heavy (non-hydrogen) atoms. The van der Waals surface area contributed by atoms with Gasteiger partial charge in [0.15, 0.2) is 0 Å². The van der Waals surface area contributed by atoms with Crippen LogP contribution in [-0.2, 0) is 6.54 Å². The summed E-state index contributed by atoms with van der Waals surface area (Å²) in [6, 6.07) is 7.36. The number of benzene rings is 1. The Morgan fingerprint density at radius 2 is 2.04 bits per heavy atom. The van der Waals surface area contributed by atoms with Crippen molar-refractivity contribution in [2.24, 2.45) is 0 Å². The van der Waals surface area contributed by atoms with Crippen molar-refractivity contribution in [2.45, 2.75) is 27.3 Å². The van der Waals surface area contributed by atoms with E-state index in [1.54, 1.807) is 12.3 Å². The number of rotatable bonds is 5. The average Bonchev–Trinajstić information content (AvgIpc) is 3.05. The minimum atomic E-state index is -0.223. The highest BCUT2D eigenvalue weighted by molar-refractivity contribution is 7.13. The Hall–Kier alpha value is -2.51. The number of carbonyl (C=O) groups is 1. The second-order valence-corrected chi connectivity index (χ2v) is 7.32. The van der Waals surface area contributed by atoms with Crippen LogP contribution in [0.4, 0.5) is 11.5 Å². The number of thiazole rings is 1. The molecule has 3 aromatic rings. The van der Waals surface area contributed by atoms with Crippen molar-refractivity contribution in [3.05, 3.63) is 62.5 Å². The standard InChI is InChI=1S/C18H18ClN5OS/c1-10-5-4-6-13(19)17(10)24-18(25)14-8-21-16(26-14)9-20-15-7-11(2)22-12(3)23-15/h4-8H,9H2,1-3H3,(H,24,25)(H,20,22,23). The highest BCUT2D eigenvalue weighted by Crippen LogP contribution is 2.26. The molecule has 0 fully saturated rings. The first-order chi connectivity index (χ1) is 12.4. The smallest absolute Gasteiger partial charge is 0.267 e. The van der Waals surface area contributed by atoms with Crippen LogP contribution in [0.3, 0.4) is 0 Å². The van der Waals surface area contributed by atoms with Crippen LogP contribution in [0.25, 0.3) is 0 Å². The molecule has 0 saturated carbocycles. The Bertz CT molecular complexity index is 916. The minimum absolute atomic E-state index is 0.223. The van der Waals surface area contributed by atoms with Gasteiger partial charge in [-0.2, -0.15) is 0 Å². The van der Waals surface area contributed by atoms with Crippen molar-refractivity contribution >= 4 is 40.4 Å². The van der Waals surface area contributed by atoms with Gasteiger partial charge in [0.25, 0.3) is 5.91 Å². The van der Waals surface area contributed by atoms with Gasteiger partial charge in [-0.25, -0.2) is 15.0 Å². The van der Waals surface area contributed by atoms with E-state index in [9.17, 15) is 4.79 Å². The fourth-order valence-electron chi connectivity index (χ4n) is 2.44. The molecule has 3 rings (SSSR count). The van der Waals surface area contributed by atoms with Crippen LogP contribution in [0.5, 0.6) is 0 Å². The number of carbonyl (C=O) groups excluding carboxylic acids is 1. The van der Waals surface area contributed by atoms with Gasteiger partial charge in [0, 0.05) is 11.8 Å². The first-order valence-electron chi connectivity index (χ1n) is 7.99. The van der Waals surface area contributed by atoms with Gasteiger partial charge in [-0.3, -0.25) is 4.79 Å². The molecule has 8 heteroatoms. The van der Waals surface area contributed by atoms with Crippen molar-refractivity contribution in [1.29, 1.82) is 0 Å². The van der Waals surface area contributed by atoms with Gasteiger partial charge in [-0.05, 0) is 32.4 Å². The maximum absolute atomic E-state index is 12.5. The van der Waals surface area contributed by atoms with Crippen molar-refractivity contribution in [3.8, 4) is 0 Å². The fourth-order valence-corrected chi connectivity index (χ4v) is 3.46. The van der Waals surface area contributed by atoms with Gasteiger partial charge in [0.2, 0.25) is 0 Å². The van der Waals surface area contributed by atoms with E-state index in [1.807, 2.05) is 39.0 Å². The van der Waals surface area contributed by atoms with Crippen LogP contribution in [0, 0.1) is 20.8 Å². The molecule has 0 saturated heterocycles. The first kappa shape index (κ1) is 18.3. The monoisotopic (exact) mass is 387 g/mol. The van der Waals surface area contributed by atoms with Gasteiger partial charge in [-0.15, -0.1) is 11.3 Å². The Balaban J connectivity index is 1.66. The number of hydrogen-bond donors (Lipinski definition) is 2. The largest absolute Gasteiger partial charge is 0.363 e. The van der Waals surface area contributed by atoms with Crippen molar-refractivity contribution in [1.82, 2.24) is 15.0 Å². The van der Waals surface area contributed by atoms with E-state index in [4.69, 9.17) is 11.6 Å². The number of nitrogens with zero attached hydrogens (tertiary/aromatic N) is 3. The lowest BCUT2D eigenvalue weighted by Crippen LogP contribution is -2.11. The third-order valence-corrected chi connectivity index (χ3v) is 4.94. The number of nitrogens with one attached hydrogen (secondary N) is 2. The summed E-state index contributed by atoms with van der Waals surface area (Å²) in [6.07, 6.45) is 1.57. The molecule has 1 aromatic carbocycles. The molecule has 2 aromatic heterocycles. The second-order valence-electron chi connectivity index (χ2n) is 5.80. The normalized spacial score (nSPS) is 10.6. The number of aromatic nitrogens is 3. The maximum atomic E-state index is 12.5. The lowest BCUT2D eigenvalue weighted by atomic mass is 10.2. The summed E-state index contributed by atoms with van der Waals surface area (Å²) < 4.78 is 0. The summed E-state index contributed by atoms with van der Waals surface area (Å²) >= 11 is 7.49. The number of aryl methyl sites for hydroxylation is 3. The molecule has 0 bridgehead atoms. The predicted octanol–water partition coefficient (Wildman–Crippen LogP) is 4.38. The van der Waals surface area contributed by atoms with Gasteiger partial charge in [0.1, 0.15) is 21.5 Å². The minimum Gasteiger partial charge on any atom is -0.363 e. The van der Waals surface area contributed by atoms with Gasteiger partial charge >= 0.3 is 0 Å². The van der Waals surface area contributed by atoms with E-state index in [-0.39, 0.29) is 5.91 Å². The summed E-state index contributed by atoms with van der Waals surface area (Å²) in [4.78, 5) is 25.9. The molecule has 2 heterocycles. The zero-order chi connectivity index (χ0) is 18.7. The van der Waals surface area contributed by atoms with E-state index in [0.717, 1.165) is 22.1 Å². The Morgan fingerprint density at radius 3 is 2.77 bits per heavy atom. The lowest BCUT2D eigenvalue weighted by Gasteiger charge is -2.08. The zero-order valence-electron chi connectivity index (χ0n) is 14.6. The topological polar surface area (TPSA) is 79.8 Å². The van der Waals surface area contributed by atoms with Crippen LogP contribution < -0.4 is 10.6 Å². The van der Waals surface area contributed by atoms with Gasteiger partial charge < -0.3 is 10.6 Å². The second kappa shape index (κ2) is 7.80. The number of hydrogen-bond acceptors (Lipinski definition) is 6. The summed E-state index contributed by atoms with van der Waals surface area (Å²) in [5, 5.41) is 7.37. The summed E-state index contributed by atoms with van der Waals surface area (Å²) in [5.41, 5.74) is 2.43. The molecule has 2 N–H and O–H groups in total. The van der Waals surface area contributed by atoms with Crippen molar-refractivity contribution in [3.63, 3.8) is 0 Å².